The number of hydrogen-bond donors (Lipinski definition) is 0. The summed E-state index contributed by atoms with van der Waals surface area (Å²) in [4.78, 5) is 0. The molecule has 1 rings (SSSR count). The Morgan fingerprint density at radius 2 is 0.889 bits per heavy atom. The minimum Gasteiger partial charge on any atom is -1.00 e. The van der Waals surface area contributed by atoms with Crippen molar-refractivity contribution < 1.29 is 69.3 Å². The van der Waals surface area contributed by atoms with Gasteiger partial charge in [0.25, 0.3) is 40.0 Å². The van der Waals surface area contributed by atoms with Crippen LogP contribution in [0, 0.1) is 0 Å². The zero-order valence-corrected chi connectivity index (χ0v) is 14.2. The molecule has 1 heterocycles. The van der Waals surface area contributed by atoms with Crippen LogP contribution >= 0.6 is 0 Å². The molecule has 0 aliphatic carbocycles. The van der Waals surface area contributed by atoms with E-state index in [9.17, 15) is 0 Å². The molecule has 1 saturated heterocycles. The van der Waals surface area contributed by atoms with E-state index in [1.807, 2.05) is 0 Å². The summed E-state index contributed by atoms with van der Waals surface area (Å²) in [5, 5.41) is 0. The van der Waals surface area contributed by atoms with Gasteiger partial charge in [0.2, 0.25) is 0 Å². The van der Waals surface area contributed by atoms with E-state index in [-0.39, 0.29) is 52.8 Å². The molecule has 0 spiro atoms. The van der Waals surface area contributed by atoms with Gasteiger partial charge in [-0.3, -0.25) is 0 Å². The molecule has 4 nitrogen and oxygen atoms in total. The zero-order chi connectivity index (χ0) is 5.66. The van der Waals surface area contributed by atoms with E-state index in [1.54, 1.807) is 0 Å². The molecule has 1 aliphatic heterocycles. The predicted octanol–water partition coefficient (Wildman–Crippen LogP) is -6.82. The maximum Gasteiger partial charge on any atom is 1.00 e. The van der Waals surface area contributed by atoms with Crippen LogP contribution in [0.3, 0.4) is 0 Å². The monoisotopic (exact) mass is 224 g/mol. The Balaban J connectivity index is 0. The van der Waals surface area contributed by atoms with E-state index in [2.05, 4.69) is 0 Å². The van der Waals surface area contributed by atoms with E-state index in [0.29, 0.717) is 0 Å². The van der Waals surface area contributed by atoms with Crippen molar-refractivity contribution in [3.63, 3.8) is 0 Å². The molecule has 1 fully saturated rings. The van der Waals surface area contributed by atoms with Gasteiger partial charge in [-0.15, -0.1) is 0 Å². The minimum atomic E-state index is -0.653. The molecule has 0 amide bonds. The van der Waals surface area contributed by atoms with E-state index in [1.165, 1.54) is 0 Å². The van der Waals surface area contributed by atoms with Crippen LogP contribution in [0.4, 0.5) is 0 Å². The van der Waals surface area contributed by atoms with Gasteiger partial charge in [-0.25, -0.2) is 0 Å². The third kappa shape index (κ3) is 6.73. The van der Waals surface area contributed by atoms with Crippen molar-refractivity contribution in [3.8, 4) is 0 Å². The van der Waals surface area contributed by atoms with Crippen molar-refractivity contribution in [3.05, 3.63) is 0 Å². The third-order valence-electron chi connectivity index (χ3n) is 0.667. The van der Waals surface area contributed by atoms with Crippen LogP contribution in [0.2, 0.25) is 0 Å². The fourth-order valence-electron chi connectivity index (χ4n) is 0.372. The van der Waals surface area contributed by atoms with Crippen molar-refractivity contribution in [1.82, 2.24) is 0 Å². The molecular weight excluding hydrogens is 215 g/mol. The molecule has 0 atom stereocenters. The van der Waals surface area contributed by atoms with Crippen molar-refractivity contribution >= 4 is 40.0 Å². The second-order valence-electron chi connectivity index (χ2n) is 1.29. The molecule has 0 saturated carbocycles. The summed E-state index contributed by atoms with van der Waals surface area (Å²) in [5.41, 5.74) is 0. The van der Waals surface area contributed by atoms with Crippen LogP contribution in [0.1, 0.15) is 1.43 Å². The second kappa shape index (κ2) is 8.44. The van der Waals surface area contributed by atoms with Gasteiger partial charge in [0.15, 0.2) is 0 Å². The molecule has 0 aromatic carbocycles. The predicted molar refractivity (Wildman–Crippen MR) is 39.6 cm³/mol. The minimum absolute atomic E-state index is 0. The SMILES string of the molecule is O1[SiH2]O[SiH2]O[SiH2]O[SiH2]1.[H-].[K+]. The average Bonchev–Trinajstić information content (AvgIpc) is 1.62. The first kappa shape index (κ1) is 11.3. The normalized spacial score (nSPS) is 32.0. The third-order valence-corrected chi connectivity index (χ3v) is 6.00. The molecule has 1 aliphatic rings. The van der Waals surface area contributed by atoms with Crippen LogP contribution in [-0.2, 0) is 16.5 Å². The van der Waals surface area contributed by atoms with Gasteiger partial charge < -0.3 is 17.9 Å². The van der Waals surface area contributed by atoms with Gasteiger partial charge in [-0.2, -0.15) is 0 Å². The molecule has 0 radical (unpaired) electrons. The molecule has 0 aromatic rings. The van der Waals surface area contributed by atoms with Crippen LogP contribution in [0.15, 0.2) is 0 Å². The number of rotatable bonds is 0. The van der Waals surface area contributed by atoms with Crippen molar-refractivity contribution in [2.24, 2.45) is 0 Å². The summed E-state index contributed by atoms with van der Waals surface area (Å²) in [7, 11) is -2.61. The van der Waals surface area contributed by atoms with Crippen LogP contribution in [-0.4, -0.2) is 40.0 Å². The molecule has 50 valence electrons. The van der Waals surface area contributed by atoms with Gasteiger partial charge in [-0.05, 0) is 0 Å². The van der Waals surface area contributed by atoms with Crippen molar-refractivity contribution in [1.29, 1.82) is 0 Å². The van der Waals surface area contributed by atoms with Gasteiger partial charge in [0, 0.05) is 0 Å². The summed E-state index contributed by atoms with van der Waals surface area (Å²) < 4.78 is 20.4. The Morgan fingerprint density at radius 1 is 0.667 bits per heavy atom. The Hall–Kier alpha value is 2.34. The molecule has 0 N–H and O–H groups in total. The van der Waals surface area contributed by atoms with Crippen LogP contribution < -0.4 is 51.4 Å². The van der Waals surface area contributed by atoms with E-state index >= 15 is 0 Å². The maximum absolute atomic E-state index is 5.10. The summed E-state index contributed by atoms with van der Waals surface area (Å²) in [6.07, 6.45) is 0. The fraction of sp³-hybridized carbons (Fsp3) is 0. The maximum atomic E-state index is 5.10. The first-order valence-electron chi connectivity index (χ1n) is 2.31. The van der Waals surface area contributed by atoms with Crippen LogP contribution in [0.5, 0.6) is 0 Å². The largest absolute Gasteiger partial charge is 1.00 e. The average molecular weight is 225 g/mol. The van der Waals surface area contributed by atoms with Crippen molar-refractivity contribution in [2.75, 3.05) is 0 Å². The zero-order valence-electron chi connectivity index (χ0n) is 6.46. The topological polar surface area (TPSA) is 36.9 Å². The van der Waals surface area contributed by atoms with Gasteiger partial charge >= 0.3 is 51.4 Å². The number of hydrogen-bond acceptors (Lipinski definition) is 4. The summed E-state index contributed by atoms with van der Waals surface area (Å²) in [6.45, 7) is 0. The molecule has 9 heteroatoms. The standard InChI is InChI=1S/K.H8O4Si4.H/c;1-5-2-7-4-8-3-6-1;/h;5-8H2;/q+1;;-1. The Labute approximate surface area is 108 Å². The smallest absolute Gasteiger partial charge is 1.00 e. The summed E-state index contributed by atoms with van der Waals surface area (Å²) >= 11 is 0. The fourth-order valence-corrected chi connectivity index (χ4v) is 7.59. The van der Waals surface area contributed by atoms with E-state index in [0.717, 1.165) is 0 Å². The van der Waals surface area contributed by atoms with Crippen LogP contribution in [0.25, 0.3) is 0 Å². The Bertz CT molecular complexity index is 41.2. The Kier molecular flexibility index (Phi) is 10.6. The van der Waals surface area contributed by atoms with E-state index in [4.69, 9.17) is 16.5 Å². The quantitative estimate of drug-likeness (QED) is 0.384. The second-order valence-corrected chi connectivity index (χ2v) is 8.76. The molecular formula is H9KO4Si4. The van der Waals surface area contributed by atoms with Crippen molar-refractivity contribution in [2.45, 2.75) is 0 Å². The Morgan fingerprint density at radius 3 is 1.11 bits per heavy atom. The molecule has 9 heavy (non-hydrogen) atoms. The van der Waals surface area contributed by atoms with Gasteiger partial charge in [0.1, 0.15) is 0 Å². The van der Waals surface area contributed by atoms with Gasteiger partial charge in [0.05, 0.1) is 0 Å². The first-order chi connectivity index (χ1) is 4.00. The van der Waals surface area contributed by atoms with Gasteiger partial charge in [-0.1, -0.05) is 0 Å². The molecule has 0 unspecified atom stereocenters. The van der Waals surface area contributed by atoms with E-state index < -0.39 is 40.0 Å². The molecule has 0 aromatic heterocycles. The first-order valence-corrected chi connectivity index (χ1v) is 6.93. The summed E-state index contributed by atoms with van der Waals surface area (Å²) in [6, 6.07) is 0. The molecule has 0 bridgehead atoms. The summed E-state index contributed by atoms with van der Waals surface area (Å²) in [5.74, 6) is 0.